The number of rotatable bonds is 2. The molecule has 0 bridgehead atoms. The van der Waals surface area contributed by atoms with E-state index < -0.39 is 0 Å². The van der Waals surface area contributed by atoms with Crippen LogP contribution in [0.5, 0.6) is 5.75 Å². The van der Waals surface area contributed by atoms with E-state index in [9.17, 15) is 0 Å². The van der Waals surface area contributed by atoms with Gasteiger partial charge in [0.2, 0.25) is 0 Å². The highest BCUT2D eigenvalue weighted by atomic mass is 16.5. The van der Waals surface area contributed by atoms with E-state index >= 15 is 0 Å². The van der Waals surface area contributed by atoms with Gasteiger partial charge in [-0.25, -0.2) is 0 Å². The van der Waals surface area contributed by atoms with Crippen LogP contribution in [-0.4, -0.2) is 0 Å². The second-order valence-corrected chi connectivity index (χ2v) is 5.93. The summed E-state index contributed by atoms with van der Waals surface area (Å²) in [6, 6.07) is 27.3. The molecule has 3 aromatic carbocycles. The first kappa shape index (κ1) is 13.8. The summed E-state index contributed by atoms with van der Waals surface area (Å²) in [5.41, 5.74) is 4.90. The number of ether oxygens (including phenoxy) is 1. The molecule has 0 aromatic heterocycles. The normalized spacial score (nSPS) is 16.2. The molecule has 3 aromatic rings. The lowest BCUT2D eigenvalue weighted by Gasteiger charge is -2.25. The Hall–Kier alpha value is -2.80. The molecule has 1 aliphatic heterocycles. The molecule has 23 heavy (non-hydrogen) atoms. The molecule has 4 rings (SSSR count). The van der Waals surface area contributed by atoms with E-state index in [2.05, 4.69) is 61.5 Å². The van der Waals surface area contributed by atoms with Gasteiger partial charge in [0.15, 0.2) is 0 Å². The van der Waals surface area contributed by atoms with Crippen LogP contribution in [0.1, 0.15) is 28.2 Å². The Labute approximate surface area is 136 Å². The van der Waals surface area contributed by atoms with E-state index in [-0.39, 0.29) is 5.92 Å². The molecule has 1 aliphatic rings. The Morgan fingerprint density at radius 1 is 0.739 bits per heavy atom. The summed E-state index contributed by atoms with van der Waals surface area (Å²) in [6.45, 7) is 2.12. The van der Waals surface area contributed by atoms with Gasteiger partial charge in [-0.15, -0.1) is 0 Å². The van der Waals surface area contributed by atoms with Crippen LogP contribution in [0.2, 0.25) is 0 Å². The Bertz CT molecular complexity index is 845. The van der Waals surface area contributed by atoms with Gasteiger partial charge in [0, 0.05) is 17.0 Å². The number of aryl methyl sites for hydroxylation is 1. The highest BCUT2D eigenvalue weighted by Gasteiger charge is 2.23. The number of benzene rings is 3. The van der Waals surface area contributed by atoms with E-state index in [0.717, 1.165) is 17.1 Å². The third-order valence-electron chi connectivity index (χ3n) is 4.29. The second kappa shape index (κ2) is 5.77. The zero-order valence-corrected chi connectivity index (χ0v) is 13.1. The molecule has 1 atom stereocenters. The maximum atomic E-state index is 6.15. The average Bonchev–Trinajstić information content (AvgIpc) is 2.62. The Kier molecular flexibility index (Phi) is 3.47. The zero-order valence-electron chi connectivity index (χ0n) is 13.1. The fourth-order valence-electron chi connectivity index (χ4n) is 3.03. The van der Waals surface area contributed by atoms with Gasteiger partial charge < -0.3 is 4.74 Å². The monoisotopic (exact) mass is 298 g/mol. The van der Waals surface area contributed by atoms with Crippen molar-refractivity contribution in [1.82, 2.24) is 0 Å². The van der Waals surface area contributed by atoms with Crippen molar-refractivity contribution in [3.05, 3.63) is 107 Å². The van der Waals surface area contributed by atoms with Gasteiger partial charge >= 0.3 is 0 Å². The molecule has 0 aliphatic carbocycles. The molecule has 1 nitrogen and oxygen atoms in total. The second-order valence-electron chi connectivity index (χ2n) is 5.93. The minimum absolute atomic E-state index is 0.218. The fourth-order valence-corrected chi connectivity index (χ4v) is 3.03. The Balaban J connectivity index is 1.84. The predicted octanol–water partition coefficient (Wildman–Crippen LogP) is 5.56. The smallest absolute Gasteiger partial charge is 0.131 e. The molecule has 0 spiro atoms. The van der Waals surface area contributed by atoms with Crippen molar-refractivity contribution in [3.63, 3.8) is 0 Å². The lowest BCUT2D eigenvalue weighted by atomic mass is 9.87. The van der Waals surface area contributed by atoms with Crippen molar-refractivity contribution >= 4 is 5.76 Å². The van der Waals surface area contributed by atoms with Crippen LogP contribution < -0.4 is 4.74 Å². The van der Waals surface area contributed by atoms with Crippen LogP contribution in [0.3, 0.4) is 0 Å². The minimum atomic E-state index is 0.218. The average molecular weight is 298 g/mol. The number of fused-ring (bicyclic) bond motifs is 1. The molecular weight excluding hydrogens is 280 g/mol. The van der Waals surface area contributed by atoms with Gasteiger partial charge in [-0.2, -0.15) is 0 Å². The summed E-state index contributed by atoms with van der Waals surface area (Å²) in [6.07, 6.45) is 2.22. The van der Waals surface area contributed by atoms with Gasteiger partial charge in [0.25, 0.3) is 0 Å². The molecule has 112 valence electrons. The van der Waals surface area contributed by atoms with Gasteiger partial charge in [-0.3, -0.25) is 0 Å². The number of allylic oxidation sites excluding steroid dienone is 1. The summed E-state index contributed by atoms with van der Waals surface area (Å²) < 4.78 is 6.15. The Morgan fingerprint density at radius 2 is 1.43 bits per heavy atom. The number of hydrogen-bond donors (Lipinski definition) is 0. The first-order valence-electron chi connectivity index (χ1n) is 7.92. The molecule has 1 heteroatoms. The van der Waals surface area contributed by atoms with Crippen LogP contribution in [0, 0.1) is 6.92 Å². The molecule has 0 fully saturated rings. The molecule has 0 radical (unpaired) electrons. The van der Waals surface area contributed by atoms with Crippen molar-refractivity contribution < 1.29 is 4.74 Å². The standard InChI is InChI=1S/C22H18O/c1-16-11-13-17(14-12-16)20-15-22(18-7-3-2-4-8-18)23-21-10-6-5-9-19(20)21/h2-15,20H,1H3. The van der Waals surface area contributed by atoms with E-state index in [4.69, 9.17) is 4.74 Å². The molecule has 1 heterocycles. The van der Waals surface area contributed by atoms with Crippen LogP contribution in [0.4, 0.5) is 0 Å². The van der Waals surface area contributed by atoms with E-state index in [0.29, 0.717) is 0 Å². The molecule has 0 amide bonds. The van der Waals surface area contributed by atoms with Crippen molar-refractivity contribution in [1.29, 1.82) is 0 Å². The highest BCUT2D eigenvalue weighted by molar-refractivity contribution is 5.68. The lowest BCUT2D eigenvalue weighted by molar-refractivity contribution is 0.492. The fraction of sp³-hybridized carbons (Fsp3) is 0.0909. The van der Waals surface area contributed by atoms with Gasteiger partial charge in [0.05, 0.1) is 0 Å². The quantitative estimate of drug-likeness (QED) is 0.602. The van der Waals surface area contributed by atoms with Crippen LogP contribution in [-0.2, 0) is 0 Å². The number of para-hydroxylation sites is 1. The predicted molar refractivity (Wildman–Crippen MR) is 94.5 cm³/mol. The van der Waals surface area contributed by atoms with E-state index in [1.54, 1.807) is 0 Å². The molecular formula is C22H18O. The van der Waals surface area contributed by atoms with Crippen molar-refractivity contribution in [2.45, 2.75) is 12.8 Å². The number of hydrogen-bond acceptors (Lipinski definition) is 1. The zero-order chi connectivity index (χ0) is 15.6. The first-order valence-corrected chi connectivity index (χ1v) is 7.92. The molecule has 0 N–H and O–H groups in total. The maximum Gasteiger partial charge on any atom is 0.131 e. The topological polar surface area (TPSA) is 9.23 Å². The van der Waals surface area contributed by atoms with Gasteiger partial charge in [-0.05, 0) is 24.6 Å². The SMILES string of the molecule is Cc1ccc(C2C=C(c3ccccc3)Oc3ccccc32)cc1. The van der Waals surface area contributed by atoms with Gasteiger partial charge in [-0.1, -0.05) is 78.4 Å². The summed E-state index contributed by atoms with van der Waals surface area (Å²) in [5, 5.41) is 0. The van der Waals surface area contributed by atoms with Crippen LogP contribution in [0.25, 0.3) is 5.76 Å². The maximum absolute atomic E-state index is 6.15. The molecule has 0 saturated carbocycles. The minimum Gasteiger partial charge on any atom is -0.457 e. The third-order valence-corrected chi connectivity index (χ3v) is 4.29. The summed E-state index contributed by atoms with van der Waals surface area (Å²) in [5.74, 6) is 2.09. The van der Waals surface area contributed by atoms with Crippen LogP contribution in [0.15, 0.2) is 84.9 Å². The van der Waals surface area contributed by atoms with E-state index in [1.165, 1.54) is 16.7 Å². The van der Waals surface area contributed by atoms with Gasteiger partial charge in [0.1, 0.15) is 11.5 Å². The molecule has 1 unspecified atom stereocenters. The van der Waals surface area contributed by atoms with Crippen LogP contribution >= 0.6 is 0 Å². The van der Waals surface area contributed by atoms with Crippen molar-refractivity contribution in [2.24, 2.45) is 0 Å². The van der Waals surface area contributed by atoms with Crippen molar-refractivity contribution in [2.75, 3.05) is 0 Å². The Morgan fingerprint density at radius 3 is 2.22 bits per heavy atom. The largest absolute Gasteiger partial charge is 0.457 e. The third kappa shape index (κ3) is 2.66. The van der Waals surface area contributed by atoms with E-state index in [1.807, 2.05) is 30.3 Å². The summed E-state index contributed by atoms with van der Waals surface area (Å²) in [4.78, 5) is 0. The lowest BCUT2D eigenvalue weighted by Crippen LogP contribution is -2.10. The van der Waals surface area contributed by atoms with Crippen molar-refractivity contribution in [3.8, 4) is 5.75 Å². The summed E-state index contributed by atoms with van der Waals surface area (Å²) >= 11 is 0. The first-order chi connectivity index (χ1) is 11.3. The highest BCUT2D eigenvalue weighted by Crippen LogP contribution is 2.40. The molecule has 0 saturated heterocycles. The summed E-state index contributed by atoms with van der Waals surface area (Å²) in [7, 11) is 0.